The monoisotopic (exact) mass is 250 g/mol. The number of rotatable bonds is 2. The fourth-order valence-corrected chi connectivity index (χ4v) is 3.11. The SMILES string of the molecule is OC(c1csc2ccccc12)C1COCCO1. The van der Waals surface area contributed by atoms with E-state index in [2.05, 4.69) is 6.07 Å². The van der Waals surface area contributed by atoms with Crippen LogP contribution in [-0.4, -0.2) is 31.0 Å². The van der Waals surface area contributed by atoms with Gasteiger partial charge >= 0.3 is 0 Å². The number of fused-ring (bicyclic) bond motifs is 1. The molecule has 2 unspecified atom stereocenters. The van der Waals surface area contributed by atoms with Gasteiger partial charge in [0, 0.05) is 10.3 Å². The highest BCUT2D eigenvalue weighted by molar-refractivity contribution is 7.17. The van der Waals surface area contributed by atoms with Gasteiger partial charge in [0.1, 0.15) is 12.2 Å². The fraction of sp³-hybridized carbons (Fsp3) is 0.385. The predicted octanol–water partition coefficient (Wildman–Crippen LogP) is 2.35. The first-order valence-corrected chi connectivity index (χ1v) is 6.58. The van der Waals surface area contributed by atoms with Gasteiger partial charge in [-0.3, -0.25) is 0 Å². The minimum Gasteiger partial charge on any atom is -0.386 e. The highest BCUT2D eigenvalue weighted by atomic mass is 32.1. The standard InChI is InChI=1S/C13H14O3S/c14-13(11-7-15-5-6-16-11)10-8-17-12-4-2-1-3-9(10)12/h1-4,8,11,13-14H,5-7H2. The van der Waals surface area contributed by atoms with Crippen molar-refractivity contribution in [1.82, 2.24) is 0 Å². The van der Waals surface area contributed by atoms with E-state index in [4.69, 9.17) is 9.47 Å². The molecular weight excluding hydrogens is 236 g/mol. The maximum atomic E-state index is 10.3. The van der Waals surface area contributed by atoms with Crippen LogP contribution >= 0.6 is 11.3 Å². The van der Waals surface area contributed by atoms with E-state index in [1.807, 2.05) is 23.6 Å². The van der Waals surface area contributed by atoms with Gasteiger partial charge in [0.2, 0.25) is 0 Å². The number of hydrogen-bond acceptors (Lipinski definition) is 4. The second-order valence-electron chi connectivity index (χ2n) is 4.12. The predicted molar refractivity (Wildman–Crippen MR) is 67.3 cm³/mol. The van der Waals surface area contributed by atoms with Crippen molar-refractivity contribution in [2.24, 2.45) is 0 Å². The smallest absolute Gasteiger partial charge is 0.111 e. The average Bonchev–Trinajstić information content (AvgIpc) is 2.83. The summed E-state index contributed by atoms with van der Waals surface area (Å²) in [6.07, 6.45) is -0.854. The number of aliphatic hydroxyl groups excluding tert-OH is 1. The van der Waals surface area contributed by atoms with E-state index in [0.717, 1.165) is 10.9 Å². The molecule has 0 radical (unpaired) electrons. The van der Waals surface area contributed by atoms with Crippen molar-refractivity contribution in [2.45, 2.75) is 12.2 Å². The van der Waals surface area contributed by atoms with Crippen molar-refractivity contribution in [3.63, 3.8) is 0 Å². The lowest BCUT2D eigenvalue weighted by molar-refractivity contribution is -0.133. The summed E-state index contributed by atoms with van der Waals surface area (Å²) in [6, 6.07) is 8.10. The van der Waals surface area contributed by atoms with Crippen LogP contribution in [0.3, 0.4) is 0 Å². The quantitative estimate of drug-likeness (QED) is 0.889. The summed E-state index contributed by atoms with van der Waals surface area (Å²) in [6.45, 7) is 1.64. The molecular formula is C13H14O3S. The molecule has 90 valence electrons. The van der Waals surface area contributed by atoms with Crippen molar-refractivity contribution in [1.29, 1.82) is 0 Å². The van der Waals surface area contributed by atoms with Gasteiger partial charge in [0.05, 0.1) is 19.8 Å². The molecule has 0 saturated carbocycles. The normalized spacial score (nSPS) is 22.8. The molecule has 1 N–H and O–H groups in total. The summed E-state index contributed by atoms with van der Waals surface area (Å²) in [5.41, 5.74) is 0.945. The Labute approximate surface area is 104 Å². The van der Waals surface area contributed by atoms with Crippen molar-refractivity contribution in [3.8, 4) is 0 Å². The zero-order chi connectivity index (χ0) is 11.7. The van der Waals surface area contributed by atoms with Crippen LogP contribution in [0.4, 0.5) is 0 Å². The van der Waals surface area contributed by atoms with Crippen LogP contribution in [0.15, 0.2) is 29.6 Å². The van der Waals surface area contributed by atoms with Crippen molar-refractivity contribution >= 4 is 21.4 Å². The minimum absolute atomic E-state index is 0.248. The molecule has 3 nitrogen and oxygen atoms in total. The fourth-order valence-electron chi connectivity index (χ4n) is 2.12. The van der Waals surface area contributed by atoms with Crippen LogP contribution in [0.25, 0.3) is 10.1 Å². The zero-order valence-corrected chi connectivity index (χ0v) is 10.2. The van der Waals surface area contributed by atoms with E-state index < -0.39 is 6.10 Å². The Bertz CT molecular complexity index is 502. The molecule has 1 aromatic carbocycles. The van der Waals surface area contributed by atoms with Crippen LogP contribution in [0.1, 0.15) is 11.7 Å². The number of thiophene rings is 1. The van der Waals surface area contributed by atoms with Gasteiger partial charge in [-0.25, -0.2) is 0 Å². The van der Waals surface area contributed by atoms with E-state index >= 15 is 0 Å². The number of ether oxygens (including phenoxy) is 2. The molecule has 17 heavy (non-hydrogen) atoms. The highest BCUT2D eigenvalue weighted by Gasteiger charge is 2.26. The van der Waals surface area contributed by atoms with Crippen LogP contribution in [0, 0.1) is 0 Å². The minimum atomic E-state index is -0.605. The Morgan fingerprint density at radius 1 is 1.29 bits per heavy atom. The first kappa shape index (κ1) is 11.2. The van der Waals surface area contributed by atoms with Gasteiger partial charge in [-0.2, -0.15) is 0 Å². The summed E-state index contributed by atoms with van der Waals surface area (Å²) in [5, 5.41) is 13.5. The third-order valence-electron chi connectivity index (χ3n) is 3.02. The molecule has 1 aromatic heterocycles. The van der Waals surface area contributed by atoms with E-state index in [1.165, 1.54) is 4.70 Å². The molecule has 2 aromatic rings. The molecule has 0 bridgehead atoms. The van der Waals surface area contributed by atoms with Crippen LogP contribution in [0.5, 0.6) is 0 Å². The molecule has 4 heteroatoms. The second-order valence-corrected chi connectivity index (χ2v) is 5.03. The topological polar surface area (TPSA) is 38.7 Å². The molecule has 2 heterocycles. The third-order valence-corrected chi connectivity index (χ3v) is 4.01. The molecule has 1 aliphatic rings. The number of benzene rings is 1. The molecule has 3 rings (SSSR count). The Hall–Kier alpha value is -0.940. The maximum Gasteiger partial charge on any atom is 0.111 e. The summed E-state index contributed by atoms with van der Waals surface area (Å²) >= 11 is 1.65. The van der Waals surface area contributed by atoms with Gasteiger partial charge in [0.15, 0.2) is 0 Å². The summed E-state index contributed by atoms with van der Waals surface area (Å²) in [7, 11) is 0. The van der Waals surface area contributed by atoms with Gasteiger partial charge in [-0.1, -0.05) is 18.2 Å². The molecule has 0 amide bonds. The lowest BCUT2D eigenvalue weighted by Gasteiger charge is -2.27. The lowest BCUT2D eigenvalue weighted by Crippen LogP contribution is -2.33. The molecule has 0 aliphatic carbocycles. The van der Waals surface area contributed by atoms with Gasteiger partial charge < -0.3 is 14.6 Å². The van der Waals surface area contributed by atoms with Gasteiger partial charge in [-0.05, 0) is 16.8 Å². The van der Waals surface area contributed by atoms with Gasteiger partial charge in [-0.15, -0.1) is 11.3 Å². The molecule has 1 fully saturated rings. The molecule has 1 aliphatic heterocycles. The number of hydrogen-bond donors (Lipinski definition) is 1. The van der Waals surface area contributed by atoms with Crippen molar-refractivity contribution in [2.75, 3.05) is 19.8 Å². The summed E-state index contributed by atoms with van der Waals surface area (Å²) in [4.78, 5) is 0. The Morgan fingerprint density at radius 2 is 2.18 bits per heavy atom. The average molecular weight is 250 g/mol. The Morgan fingerprint density at radius 3 is 3.00 bits per heavy atom. The molecule has 0 spiro atoms. The first-order valence-electron chi connectivity index (χ1n) is 5.70. The van der Waals surface area contributed by atoms with Crippen molar-refractivity contribution in [3.05, 3.63) is 35.2 Å². The Balaban J connectivity index is 1.92. The van der Waals surface area contributed by atoms with Crippen LogP contribution < -0.4 is 0 Å². The van der Waals surface area contributed by atoms with E-state index in [-0.39, 0.29) is 6.10 Å². The molecule has 2 atom stereocenters. The Kier molecular flexibility index (Phi) is 3.11. The largest absolute Gasteiger partial charge is 0.386 e. The number of aliphatic hydroxyl groups is 1. The van der Waals surface area contributed by atoms with Crippen LogP contribution in [-0.2, 0) is 9.47 Å². The summed E-state index contributed by atoms with van der Waals surface area (Å²) in [5.74, 6) is 0. The highest BCUT2D eigenvalue weighted by Crippen LogP contribution is 2.32. The van der Waals surface area contributed by atoms with E-state index in [0.29, 0.717) is 19.8 Å². The molecule has 1 saturated heterocycles. The lowest BCUT2D eigenvalue weighted by atomic mass is 10.0. The van der Waals surface area contributed by atoms with Crippen LogP contribution in [0.2, 0.25) is 0 Å². The maximum absolute atomic E-state index is 10.3. The second kappa shape index (κ2) is 4.74. The van der Waals surface area contributed by atoms with E-state index in [1.54, 1.807) is 11.3 Å². The third kappa shape index (κ3) is 2.09. The first-order chi connectivity index (χ1) is 8.36. The van der Waals surface area contributed by atoms with E-state index in [9.17, 15) is 5.11 Å². The summed E-state index contributed by atoms with van der Waals surface area (Å²) < 4.78 is 12.1. The van der Waals surface area contributed by atoms with Crippen molar-refractivity contribution < 1.29 is 14.6 Å². The zero-order valence-electron chi connectivity index (χ0n) is 9.33. The van der Waals surface area contributed by atoms with Gasteiger partial charge in [0.25, 0.3) is 0 Å².